The monoisotopic (exact) mass is 466 g/mol. The van der Waals surface area contributed by atoms with Gasteiger partial charge in [-0.15, -0.1) is 0 Å². The lowest BCUT2D eigenvalue weighted by Crippen LogP contribution is -2.04. The van der Waals surface area contributed by atoms with Gasteiger partial charge in [-0.25, -0.2) is 0 Å². The second kappa shape index (κ2) is 10.1. The van der Waals surface area contributed by atoms with Crippen LogP contribution in [0.25, 0.3) is 16.8 Å². The quantitative estimate of drug-likeness (QED) is 0.302. The van der Waals surface area contributed by atoms with Crippen LogP contribution in [0.15, 0.2) is 125 Å². The SMILES string of the molecule is N/C(=C\C(=NCc1ccccc1)c1ccc(-c2ccccc2)cc1)c1ccc(Br)cc1. The highest BCUT2D eigenvalue weighted by molar-refractivity contribution is 9.10. The van der Waals surface area contributed by atoms with Crippen molar-refractivity contribution in [3.63, 3.8) is 0 Å². The van der Waals surface area contributed by atoms with Crippen molar-refractivity contribution in [1.29, 1.82) is 0 Å². The Hall–Kier alpha value is -3.43. The Balaban J connectivity index is 1.68. The van der Waals surface area contributed by atoms with Crippen LogP contribution in [0, 0.1) is 0 Å². The number of allylic oxidation sites excluding steroid dienone is 1. The molecule has 31 heavy (non-hydrogen) atoms. The maximum Gasteiger partial charge on any atom is 0.0671 e. The minimum atomic E-state index is 0.598. The molecule has 0 aliphatic heterocycles. The molecule has 0 aliphatic rings. The molecule has 4 aromatic rings. The third-order valence-electron chi connectivity index (χ3n) is 5.03. The Morgan fingerprint density at radius 1 is 0.677 bits per heavy atom. The van der Waals surface area contributed by atoms with Gasteiger partial charge in [-0.2, -0.15) is 0 Å². The van der Waals surface area contributed by atoms with E-state index in [2.05, 4.69) is 76.6 Å². The molecule has 0 saturated heterocycles. The molecule has 2 N–H and O–H groups in total. The first-order valence-electron chi connectivity index (χ1n) is 10.2. The predicted molar refractivity (Wildman–Crippen MR) is 135 cm³/mol. The van der Waals surface area contributed by atoms with E-state index in [1.807, 2.05) is 54.6 Å². The standard InChI is InChI=1S/C28H23BrN2/c29-26-17-15-24(16-18-26)27(30)19-28(31-20-21-7-3-1-4-8-21)25-13-11-23(12-14-25)22-9-5-2-6-10-22/h1-19H,20,30H2/b27-19-,31-28?. The van der Waals surface area contributed by atoms with Gasteiger partial charge in [0.25, 0.3) is 0 Å². The molecule has 2 nitrogen and oxygen atoms in total. The highest BCUT2D eigenvalue weighted by Gasteiger charge is 2.06. The average molecular weight is 467 g/mol. The molecule has 0 aliphatic carbocycles. The molecule has 0 bridgehead atoms. The number of benzene rings is 4. The van der Waals surface area contributed by atoms with Gasteiger partial charge in [-0.1, -0.05) is 113 Å². The third kappa shape index (κ3) is 5.59. The Morgan fingerprint density at radius 2 is 1.23 bits per heavy atom. The molecule has 152 valence electrons. The Bertz CT molecular complexity index is 1180. The first-order valence-corrected chi connectivity index (χ1v) is 11.0. The molecule has 0 amide bonds. The van der Waals surface area contributed by atoms with E-state index in [9.17, 15) is 0 Å². The molecule has 4 aromatic carbocycles. The van der Waals surface area contributed by atoms with Crippen molar-refractivity contribution in [3.05, 3.63) is 136 Å². The molecule has 4 rings (SSSR count). The average Bonchev–Trinajstić information content (AvgIpc) is 2.83. The molecule has 0 atom stereocenters. The molecule has 0 fully saturated rings. The smallest absolute Gasteiger partial charge is 0.0671 e. The fraction of sp³-hybridized carbons (Fsp3) is 0.0357. The van der Waals surface area contributed by atoms with E-state index in [1.165, 1.54) is 11.1 Å². The van der Waals surface area contributed by atoms with Gasteiger partial charge in [-0.3, -0.25) is 4.99 Å². The number of halogens is 1. The van der Waals surface area contributed by atoms with Gasteiger partial charge in [0.15, 0.2) is 0 Å². The fourth-order valence-corrected chi connectivity index (χ4v) is 3.58. The van der Waals surface area contributed by atoms with Crippen LogP contribution in [-0.4, -0.2) is 5.71 Å². The molecule has 0 spiro atoms. The van der Waals surface area contributed by atoms with E-state index in [4.69, 9.17) is 10.7 Å². The van der Waals surface area contributed by atoms with E-state index in [0.717, 1.165) is 26.9 Å². The van der Waals surface area contributed by atoms with Gasteiger partial charge in [0.2, 0.25) is 0 Å². The van der Waals surface area contributed by atoms with Crippen molar-refractivity contribution in [2.24, 2.45) is 10.7 Å². The summed E-state index contributed by atoms with van der Waals surface area (Å²) in [6.07, 6.45) is 1.96. The summed E-state index contributed by atoms with van der Waals surface area (Å²) in [6, 6.07) is 37.1. The Morgan fingerprint density at radius 3 is 1.87 bits per heavy atom. The molecular weight excluding hydrogens is 444 g/mol. The van der Waals surface area contributed by atoms with E-state index in [-0.39, 0.29) is 0 Å². The van der Waals surface area contributed by atoms with Gasteiger partial charge in [0, 0.05) is 10.2 Å². The zero-order chi connectivity index (χ0) is 21.5. The topological polar surface area (TPSA) is 38.4 Å². The van der Waals surface area contributed by atoms with E-state index in [0.29, 0.717) is 12.2 Å². The number of nitrogens with two attached hydrogens (primary N) is 1. The van der Waals surface area contributed by atoms with Crippen LogP contribution in [0.3, 0.4) is 0 Å². The number of rotatable bonds is 6. The van der Waals surface area contributed by atoms with E-state index < -0.39 is 0 Å². The Labute approximate surface area is 191 Å². The van der Waals surface area contributed by atoms with Crippen molar-refractivity contribution in [2.45, 2.75) is 6.54 Å². The number of hydrogen-bond acceptors (Lipinski definition) is 2. The highest BCUT2D eigenvalue weighted by Crippen LogP contribution is 2.21. The van der Waals surface area contributed by atoms with Gasteiger partial charge in [0.05, 0.1) is 12.3 Å². The van der Waals surface area contributed by atoms with E-state index in [1.54, 1.807) is 0 Å². The van der Waals surface area contributed by atoms with Crippen LogP contribution in [0.4, 0.5) is 0 Å². The van der Waals surface area contributed by atoms with Gasteiger partial charge >= 0.3 is 0 Å². The van der Waals surface area contributed by atoms with Crippen molar-refractivity contribution in [2.75, 3.05) is 0 Å². The first-order chi connectivity index (χ1) is 15.2. The van der Waals surface area contributed by atoms with Gasteiger partial charge in [0.1, 0.15) is 0 Å². The largest absolute Gasteiger partial charge is 0.398 e. The third-order valence-corrected chi connectivity index (χ3v) is 5.56. The minimum Gasteiger partial charge on any atom is -0.398 e. The normalized spacial score (nSPS) is 12.0. The lowest BCUT2D eigenvalue weighted by Gasteiger charge is -2.08. The number of nitrogens with zero attached hydrogens (tertiary/aromatic N) is 1. The van der Waals surface area contributed by atoms with Crippen molar-refractivity contribution < 1.29 is 0 Å². The molecular formula is C28H23BrN2. The van der Waals surface area contributed by atoms with Crippen molar-refractivity contribution in [1.82, 2.24) is 0 Å². The second-order valence-corrected chi connectivity index (χ2v) is 8.15. The summed E-state index contributed by atoms with van der Waals surface area (Å²) < 4.78 is 1.03. The number of hydrogen-bond donors (Lipinski definition) is 1. The molecule has 0 unspecified atom stereocenters. The summed E-state index contributed by atoms with van der Waals surface area (Å²) in [4.78, 5) is 4.90. The molecule has 0 saturated carbocycles. The molecule has 3 heteroatoms. The second-order valence-electron chi connectivity index (χ2n) is 7.24. The summed E-state index contributed by atoms with van der Waals surface area (Å²) in [7, 11) is 0. The minimum absolute atomic E-state index is 0.598. The predicted octanol–water partition coefficient (Wildman–Crippen LogP) is 7.11. The molecule has 0 heterocycles. The summed E-state index contributed by atoms with van der Waals surface area (Å²) in [5, 5.41) is 0. The maximum absolute atomic E-state index is 6.44. The lowest BCUT2D eigenvalue weighted by atomic mass is 10.0. The highest BCUT2D eigenvalue weighted by atomic mass is 79.9. The van der Waals surface area contributed by atoms with Crippen LogP contribution < -0.4 is 5.73 Å². The molecule has 0 aromatic heterocycles. The van der Waals surface area contributed by atoms with Crippen LogP contribution in [0.1, 0.15) is 16.7 Å². The van der Waals surface area contributed by atoms with Crippen LogP contribution in [0.5, 0.6) is 0 Å². The molecule has 0 radical (unpaired) electrons. The Kier molecular flexibility index (Phi) is 6.75. The number of aliphatic imine (C=N–C) groups is 1. The lowest BCUT2D eigenvalue weighted by molar-refractivity contribution is 1.07. The zero-order valence-corrected chi connectivity index (χ0v) is 18.7. The van der Waals surface area contributed by atoms with Gasteiger partial charge < -0.3 is 5.73 Å². The zero-order valence-electron chi connectivity index (χ0n) is 17.1. The summed E-state index contributed by atoms with van der Waals surface area (Å²) in [5.74, 6) is 0. The maximum atomic E-state index is 6.44. The summed E-state index contributed by atoms with van der Waals surface area (Å²) >= 11 is 3.47. The summed E-state index contributed by atoms with van der Waals surface area (Å²) in [5.41, 5.74) is 13.5. The van der Waals surface area contributed by atoms with Crippen molar-refractivity contribution >= 4 is 27.3 Å². The van der Waals surface area contributed by atoms with Crippen LogP contribution >= 0.6 is 15.9 Å². The summed E-state index contributed by atoms with van der Waals surface area (Å²) in [6.45, 7) is 0.598. The first kappa shape index (κ1) is 20.8. The van der Waals surface area contributed by atoms with Crippen LogP contribution in [0.2, 0.25) is 0 Å². The fourth-order valence-electron chi connectivity index (χ4n) is 3.32. The van der Waals surface area contributed by atoms with Gasteiger partial charge in [-0.05, 0) is 46.0 Å². The van der Waals surface area contributed by atoms with E-state index >= 15 is 0 Å². The van der Waals surface area contributed by atoms with Crippen molar-refractivity contribution in [3.8, 4) is 11.1 Å². The van der Waals surface area contributed by atoms with Crippen LogP contribution in [-0.2, 0) is 6.54 Å².